The Morgan fingerprint density at radius 3 is 2.24 bits per heavy atom. The van der Waals surface area contributed by atoms with E-state index in [4.69, 9.17) is 10.2 Å². The fourth-order valence-electron chi connectivity index (χ4n) is 1.18. The number of nitrogens with one attached hydrogen (secondary N) is 1. The molecule has 0 fully saturated rings. The second-order valence-electron chi connectivity index (χ2n) is 3.27. The van der Waals surface area contributed by atoms with E-state index in [-0.39, 0.29) is 11.3 Å². The Kier molecular flexibility index (Phi) is 2.87. The Morgan fingerprint density at radius 2 is 1.71 bits per heavy atom. The lowest BCUT2D eigenvalue weighted by atomic mass is 10.3. The molecule has 0 saturated carbocycles. The molecule has 0 bridgehead atoms. The minimum absolute atomic E-state index is 0.0289. The number of aromatic nitrogens is 2. The molecule has 0 unspecified atom stereocenters. The molecule has 2 aromatic rings. The van der Waals surface area contributed by atoms with E-state index in [0.717, 1.165) is 0 Å². The van der Waals surface area contributed by atoms with Gasteiger partial charge in [-0.05, 0) is 24.3 Å². The second kappa shape index (κ2) is 4.48. The van der Waals surface area contributed by atoms with Gasteiger partial charge in [0, 0.05) is 18.1 Å². The third-order valence-electron chi connectivity index (χ3n) is 2.02. The van der Waals surface area contributed by atoms with Crippen molar-refractivity contribution in [2.24, 2.45) is 0 Å². The van der Waals surface area contributed by atoms with Crippen LogP contribution in [-0.4, -0.2) is 26.2 Å². The Balaban J connectivity index is 2.13. The summed E-state index contributed by atoms with van der Waals surface area (Å²) in [5.74, 6) is -0.612. The number of nitrogens with zero attached hydrogens (tertiary/aromatic N) is 2. The predicted octanol–water partition coefficient (Wildman–Crippen LogP) is 1.62. The summed E-state index contributed by atoms with van der Waals surface area (Å²) in [6.07, 6.45) is 2.44. The summed E-state index contributed by atoms with van der Waals surface area (Å²) >= 11 is 0. The highest BCUT2D eigenvalue weighted by atomic mass is 16.4. The Bertz CT molecular complexity index is 523. The van der Waals surface area contributed by atoms with Crippen LogP contribution in [0, 0.1) is 0 Å². The first-order valence-electron chi connectivity index (χ1n) is 4.76. The van der Waals surface area contributed by atoms with Crippen LogP contribution < -0.4 is 5.32 Å². The fraction of sp³-hybridized carbons (Fsp3) is 0. The van der Waals surface area contributed by atoms with Gasteiger partial charge in [-0.15, -0.1) is 0 Å². The summed E-state index contributed by atoms with van der Waals surface area (Å²) < 4.78 is 0. The normalized spacial score (nSPS) is 9.88. The van der Waals surface area contributed by atoms with Gasteiger partial charge < -0.3 is 15.5 Å². The highest BCUT2D eigenvalue weighted by Gasteiger charge is 2.04. The minimum Gasteiger partial charge on any atom is -0.508 e. The fourth-order valence-corrected chi connectivity index (χ4v) is 1.18. The number of aromatic hydroxyl groups is 1. The van der Waals surface area contributed by atoms with Crippen molar-refractivity contribution in [3.05, 3.63) is 42.2 Å². The van der Waals surface area contributed by atoms with Crippen molar-refractivity contribution in [3.8, 4) is 5.75 Å². The van der Waals surface area contributed by atoms with Crippen molar-refractivity contribution < 1.29 is 15.0 Å². The van der Waals surface area contributed by atoms with Gasteiger partial charge in [-0.1, -0.05) is 0 Å². The molecule has 1 heterocycles. The molecular formula is C11H9N3O3. The van der Waals surface area contributed by atoms with Crippen LogP contribution in [-0.2, 0) is 0 Å². The van der Waals surface area contributed by atoms with Crippen molar-refractivity contribution in [2.45, 2.75) is 0 Å². The van der Waals surface area contributed by atoms with Gasteiger partial charge in [0.05, 0.1) is 5.56 Å². The molecule has 6 nitrogen and oxygen atoms in total. The van der Waals surface area contributed by atoms with Crippen LogP contribution in [0.2, 0.25) is 0 Å². The van der Waals surface area contributed by atoms with Gasteiger partial charge in [0.25, 0.3) is 0 Å². The zero-order chi connectivity index (χ0) is 12.3. The second-order valence-corrected chi connectivity index (χ2v) is 3.27. The highest BCUT2D eigenvalue weighted by Crippen LogP contribution is 2.16. The molecule has 1 aromatic heterocycles. The van der Waals surface area contributed by atoms with Crippen LogP contribution in [0.3, 0.4) is 0 Å². The summed E-state index contributed by atoms with van der Waals surface area (Å²) in [6.45, 7) is 0. The molecule has 0 saturated heterocycles. The number of aromatic carboxylic acids is 1. The predicted molar refractivity (Wildman–Crippen MR) is 60.4 cm³/mol. The van der Waals surface area contributed by atoms with Gasteiger partial charge in [-0.25, -0.2) is 14.8 Å². The molecule has 1 aromatic carbocycles. The molecule has 86 valence electrons. The Labute approximate surface area is 96.6 Å². The van der Waals surface area contributed by atoms with E-state index in [1.807, 2.05) is 0 Å². The molecule has 0 aliphatic heterocycles. The van der Waals surface area contributed by atoms with Gasteiger partial charge in [0.1, 0.15) is 5.75 Å². The van der Waals surface area contributed by atoms with Gasteiger partial charge in [0.2, 0.25) is 5.95 Å². The first-order valence-corrected chi connectivity index (χ1v) is 4.76. The van der Waals surface area contributed by atoms with Gasteiger partial charge in [-0.2, -0.15) is 0 Å². The number of phenolic OH excluding ortho intramolecular Hbond substituents is 1. The SMILES string of the molecule is O=C(O)c1cnc(Nc2ccc(O)cc2)nc1. The molecule has 0 aliphatic rings. The minimum atomic E-state index is -1.07. The van der Waals surface area contributed by atoms with E-state index in [1.165, 1.54) is 24.5 Å². The number of phenols is 1. The Morgan fingerprint density at radius 1 is 1.12 bits per heavy atom. The molecule has 0 radical (unpaired) electrons. The number of anilines is 2. The van der Waals surface area contributed by atoms with E-state index >= 15 is 0 Å². The molecule has 2 rings (SSSR count). The topological polar surface area (TPSA) is 95.3 Å². The van der Waals surface area contributed by atoms with Crippen LogP contribution in [0.4, 0.5) is 11.6 Å². The molecule has 6 heteroatoms. The van der Waals surface area contributed by atoms with E-state index in [1.54, 1.807) is 12.1 Å². The van der Waals surface area contributed by atoms with Gasteiger partial charge in [-0.3, -0.25) is 0 Å². The first-order chi connectivity index (χ1) is 8.15. The highest BCUT2D eigenvalue weighted by molar-refractivity contribution is 5.86. The van der Waals surface area contributed by atoms with E-state index in [2.05, 4.69) is 15.3 Å². The van der Waals surface area contributed by atoms with Crippen LogP contribution in [0.1, 0.15) is 10.4 Å². The molecule has 3 N–H and O–H groups in total. The molecule has 17 heavy (non-hydrogen) atoms. The van der Waals surface area contributed by atoms with Crippen LogP contribution in [0.15, 0.2) is 36.7 Å². The summed E-state index contributed by atoms with van der Waals surface area (Å²) in [4.78, 5) is 18.3. The number of benzene rings is 1. The maximum Gasteiger partial charge on any atom is 0.338 e. The number of carbonyl (C=O) groups is 1. The molecule has 0 spiro atoms. The quantitative estimate of drug-likeness (QED) is 0.695. The maximum absolute atomic E-state index is 10.6. The molecule has 0 atom stereocenters. The lowest BCUT2D eigenvalue weighted by Gasteiger charge is -2.04. The molecular weight excluding hydrogens is 222 g/mol. The van der Waals surface area contributed by atoms with Crippen molar-refractivity contribution in [3.63, 3.8) is 0 Å². The van der Waals surface area contributed by atoms with Crippen LogP contribution in [0.5, 0.6) is 5.75 Å². The van der Waals surface area contributed by atoms with Crippen molar-refractivity contribution >= 4 is 17.6 Å². The average Bonchev–Trinajstić information content (AvgIpc) is 2.33. The number of carboxylic acids is 1. The van der Waals surface area contributed by atoms with Gasteiger partial charge >= 0.3 is 5.97 Å². The van der Waals surface area contributed by atoms with Crippen molar-refractivity contribution in [2.75, 3.05) is 5.32 Å². The smallest absolute Gasteiger partial charge is 0.338 e. The van der Waals surface area contributed by atoms with Crippen LogP contribution >= 0.6 is 0 Å². The van der Waals surface area contributed by atoms with Crippen molar-refractivity contribution in [1.29, 1.82) is 0 Å². The summed E-state index contributed by atoms with van der Waals surface area (Å²) in [5.41, 5.74) is 0.729. The van der Waals surface area contributed by atoms with Crippen LogP contribution in [0.25, 0.3) is 0 Å². The number of hydrogen-bond donors (Lipinski definition) is 3. The van der Waals surface area contributed by atoms with E-state index < -0.39 is 5.97 Å². The first kappa shape index (κ1) is 10.9. The zero-order valence-corrected chi connectivity index (χ0v) is 8.66. The lowest BCUT2D eigenvalue weighted by Crippen LogP contribution is -2.01. The summed E-state index contributed by atoms with van der Waals surface area (Å²) in [6, 6.07) is 6.36. The zero-order valence-electron chi connectivity index (χ0n) is 8.66. The number of rotatable bonds is 3. The summed E-state index contributed by atoms with van der Waals surface area (Å²) in [7, 11) is 0. The van der Waals surface area contributed by atoms with Gasteiger partial charge in [0.15, 0.2) is 0 Å². The summed E-state index contributed by atoms with van der Waals surface area (Å²) in [5, 5.41) is 20.6. The van der Waals surface area contributed by atoms with Crippen molar-refractivity contribution in [1.82, 2.24) is 9.97 Å². The Hall–Kier alpha value is -2.63. The maximum atomic E-state index is 10.6. The number of carboxylic acid groups (broad SMARTS) is 1. The lowest BCUT2D eigenvalue weighted by molar-refractivity contribution is 0.0696. The monoisotopic (exact) mass is 231 g/mol. The molecule has 0 aliphatic carbocycles. The van der Waals surface area contributed by atoms with E-state index in [0.29, 0.717) is 11.6 Å². The largest absolute Gasteiger partial charge is 0.508 e. The average molecular weight is 231 g/mol. The standard InChI is InChI=1S/C11H9N3O3/c15-9-3-1-8(2-4-9)14-11-12-5-7(6-13-11)10(16)17/h1-6,15H,(H,16,17)(H,12,13,14). The third-order valence-corrected chi connectivity index (χ3v) is 2.02. The third kappa shape index (κ3) is 2.69. The number of hydrogen-bond acceptors (Lipinski definition) is 5. The van der Waals surface area contributed by atoms with E-state index in [9.17, 15) is 4.79 Å². The molecule has 0 amide bonds.